The van der Waals surface area contributed by atoms with Gasteiger partial charge in [0.15, 0.2) is 12.6 Å². The largest absolute Gasteiger partial charge is 0.394 e. The van der Waals surface area contributed by atoms with Gasteiger partial charge in [-0.15, -0.1) is 12.6 Å². The summed E-state index contributed by atoms with van der Waals surface area (Å²) < 4.78 is 27.4. The van der Waals surface area contributed by atoms with Crippen molar-refractivity contribution in [2.24, 2.45) is 0 Å². The summed E-state index contributed by atoms with van der Waals surface area (Å²) in [4.78, 5) is 3.74. The number of thiocarbonyl (C=S) groups is 1. The summed E-state index contributed by atoms with van der Waals surface area (Å²) in [5.41, 5.74) is 0. The molecule has 0 aromatic heterocycles. The minimum absolute atomic E-state index is 0.138. The van der Waals surface area contributed by atoms with Crippen molar-refractivity contribution in [3.63, 3.8) is 0 Å². The minimum Gasteiger partial charge on any atom is -0.394 e. The molecule has 0 aliphatic carbocycles. The highest BCUT2D eigenvalue weighted by atomic mass is 32.1. The van der Waals surface area contributed by atoms with E-state index >= 15 is 0 Å². The second-order valence-corrected chi connectivity index (χ2v) is 12.6. The second kappa shape index (κ2) is 19.1. The molecule has 3 fully saturated rings. The number of hydrogen-bond acceptors (Lipinski definition) is 18. The lowest BCUT2D eigenvalue weighted by Crippen LogP contribution is -2.65. The fourth-order valence-corrected chi connectivity index (χ4v) is 5.80. The average molecular weight is 709 g/mol. The van der Waals surface area contributed by atoms with Crippen LogP contribution in [0.2, 0.25) is 0 Å². The van der Waals surface area contributed by atoms with Crippen LogP contribution in [0.25, 0.3) is 0 Å². The van der Waals surface area contributed by atoms with Crippen LogP contribution in [0, 0.1) is 0 Å². The van der Waals surface area contributed by atoms with E-state index in [0.717, 1.165) is 19.6 Å². The van der Waals surface area contributed by atoms with Gasteiger partial charge in [0.05, 0.1) is 33.0 Å². The summed E-state index contributed by atoms with van der Waals surface area (Å²) in [6, 6.07) is 0. The third-order valence-corrected chi connectivity index (χ3v) is 8.77. The summed E-state index contributed by atoms with van der Waals surface area (Å²) in [5.74, 6) is 0. The Bertz CT molecular complexity index is 908. The second-order valence-electron chi connectivity index (χ2n) is 11.4. The van der Waals surface area contributed by atoms with Gasteiger partial charge >= 0.3 is 0 Å². The Morgan fingerprint density at radius 3 is 2.04 bits per heavy atom. The van der Waals surface area contributed by atoms with Crippen molar-refractivity contribution in [2.45, 2.75) is 92.2 Å². The Morgan fingerprint density at radius 2 is 1.46 bits per heavy atom. The van der Waals surface area contributed by atoms with E-state index in [-0.39, 0.29) is 10.9 Å². The fraction of sp³-hybridized carbons (Fsp3) is 0.962. The van der Waals surface area contributed by atoms with E-state index in [1.165, 1.54) is 4.90 Å². The molecule has 0 amide bonds. The van der Waals surface area contributed by atoms with Gasteiger partial charge in [0.1, 0.15) is 77.6 Å². The quantitative estimate of drug-likeness (QED) is 0.0525. The molecular weight excluding hydrogens is 660 g/mol. The van der Waals surface area contributed by atoms with Crippen LogP contribution in [0.1, 0.15) is 6.42 Å². The zero-order valence-corrected chi connectivity index (χ0v) is 26.8. The molecule has 3 heterocycles. The van der Waals surface area contributed by atoms with E-state index in [1.54, 1.807) is 0 Å². The number of aliphatic hydroxyl groups is 11. The SMILES string of the molecule is OC[C@@H](O)[C@@H](O[C@H]1O[C@H](CO)[C@@H](O[C@H]2O[C@H](CO)[C@@H](O)[C@H](O)[C@H]2O)[C@H](O)[C@H]1O)[C@H](O)[C@@H](O)CN(CCCN1CCOCC1)C(=S)S. The Morgan fingerprint density at radius 1 is 0.848 bits per heavy atom. The van der Waals surface area contributed by atoms with Crippen molar-refractivity contribution in [1.29, 1.82) is 0 Å². The molecule has 14 atom stereocenters. The highest BCUT2D eigenvalue weighted by Crippen LogP contribution is 2.30. The minimum atomic E-state index is -1.99. The van der Waals surface area contributed by atoms with Crippen LogP contribution < -0.4 is 0 Å². The standard InChI is InChI=1S/C26H48N2O16S2/c29-9-13(33)22(16(34)12(32)8-28(26(45)46)3-1-2-27-4-6-40-7-5-27)43-25-21(39)19(37)23(15(11-31)42-25)44-24-20(38)18(36)17(35)14(10-30)41-24/h12-25,29-39H,1-11H2,(H,45,46)/t12-,13+,14+,15+,16+,17+,18-,19+,20+,21+,22+,23+,24+,25+/m0/s1. The zero-order chi connectivity index (χ0) is 34.1. The third-order valence-electron chi connectivity index (χ3n) is 8.23. The van der Waals surface area contributed by atoms with Crippen LogP contribution in [-0.4, -0.2) is 222 Å². The molecule has 3 rings (SSSR count). The van der Waals surface area contributed by atoms with Crippen molar-refractivity contribution in [3.05, 3.63) is 0 Å². The van der Waals surface area contributed by atoms with E-state index in [2.05, 4.69) is 17.5 Å². The Kier molecular flexibility index (Phi) is 16.6. The lowest BCUT2D eigenvalue weighted by Gasteiger charge is -2.46. The van der Waals surface area contributed by atoms with Gasteiger partial charge < -0.3 is 84.8 Å². The Hall–Kier alpha value is -0.440. The maximum absolute atomic E-state index is 11.0. The van der Waals surface area contributed by atoms with Crippen molar-refractivity contribution >= 4 is 29.2 Å². The molecule has 3 saturated heterocycles. The maximum Gasteiger partial charge on any atom is 0.187 e. The van der Waals surface area contributed by atoms with Gasteiger partial charge in [-0.1, -0.05) is 12.2 Å². The number of rotatable bonds is 16. The molecule has 270 valence electrons. The predicted octanol–water partition coefficient (Wildman–Crippen LogP) is -6.69. The van der Waals surface area contributed by atoms with E-state index in [1.807, 2.05) is 0 Å². The first-order valence-electron chi connectivity index (χ1n) is 15.0. The third kappa shape index (κ3) is 10.3. The summed E-state index contributed by atoms with van der Waals surface area (Å²) in [6.45, 7) is 1.15. The number of hydrogen-bond donors (Lipinski definition) is 12. The van der Waals surface area contributed by atoms with E-state index in [4.69, 9.17) is 35.9 Å². The highest BCUT2D eigenvalue weighted by Gasteiger charge is 2.52. The molecule has 0 aromatic rings. The molecule has 0 spiro atoms. The molecule has 3 aliphatic rings. The molecule has 0 aromatic carbocycles. The predicted molar refractivity (Wildman–Crippen MR) is 161 cm³/mol. The highest BCUT2D eigenvalue weighted by molar-refractivity contribution is 8.10. The molecule has 18 nitrogen and oxygen atoms in total. The average Bonchev–Trinajstić information content (AvgIpc) is 3.05. The maximum atomic E-state index is 11.0. The van der Waals surface area contributed by atoms with Crippen LogP contribution in [0.15, 0.2) is 0 Å². The van der Waals surface area contributed by atoms with Crippen molar-refractivity contribution < 1.29 is 79.9 Å². The number of thiol groups is 1. The van der Waals surface area contributed by atoms with Crippen LogP contribution in [0.5, 0.6) is 0 Å². The monoisotopic (exact) mass is 708 g/mol. The lowest BCUT2D eigenvalue weighted by atomic mass is 9.96. The Balaban J connectivity index is 1.65. The molecule has 11 N–H and O–H groups in total. The van der Waals surface area contributed by atoms with Gasteiger partial charge in [-0.3, -0.25) is 4.90 Å². The van der Waals surface area contributed by atoms with Gasteiger partial charge in [0.2, 0.25) is 0 Å². The molecule has 46 heavy (non-hydrogen) atoms. The smallest absolute Gasteiger partial charge is 0.187 e. The van der Waals surface area contributed by atoms with Gasteiger partial charge in [-0.05, 0) is 6.42 Å². The Labute approximate surface area is 276 Å². The van der Waals surface area contributed by atoms with E-state index < -0.39 is 106 Å². The van der Waals surface area contributed by atoms with E-state index in [0.29, 0.717) is 26.2 Å². The van der Waals surface area contributed by atoms with Gasteiger partial charge in [0, 0.05) is 32.7 Å². The topological polar surface area (TPSA) is 275 Å². The molecule has 0 bridgehead atoms. The number of morpholine rings is 1. The number of aliphatic hydroxyl groups excluding tert-OH is 11. The molecular formula is C26H48N2O16S2. The normalized spacial score (nSPS) is 37.0. The van der Waals surface area contributed by atoms with Gasteiger partial charge in [0.25, 0.3) is 0 Å². The van der Waals surface area contributed by atoms with Crippen molar-refractivity contribution in [1.82, 2.24) is 9.80 Å². The van der Waals surface area contributed by atoms with Gasteiger partial charge in [-0.25, -0.2) is 0 Å². The number of ether oxygens (including phenoxy) is 5. The van der Waals surface area contributed by atoms with E-state index in [9.17, 15) is 56.2 Å². The first kappa shape index (κ1) is 40.0. The van der Waals surface area contributed by atoms with Crippen molar-refractivity contribution in [2.75, 3.05) is 65.8 Å². The molecule has 3 aliphatic heterocycles. The summed E-state index contributed by atoms with van der Waals surface area (Å²) in [7, 11) is 0. The summed E-state index contributed by atoms with van der Waals surface area (Å²) in [5, 5.41) is 113. The fourth-order valence-electron chi connectivity index (χ4n) is 5.45. The van der Waals surface area contributed by atoms with Crippen LogP contribution in [-0.2, 0) is 23.7 Å². The first-order valence-corrected chi connectivity index (χ1v) is 15.9. The van der Waals surface area contributed by atoms with Crippen molar-refractivity contribution in [3.8, 4) is 0 Å². The first-order chi connectivity index (χ1) is 21.8. The molecule has 0 saturated carbocycles. The van der Waals surface area contributed by atoms with Gasteiger partial charge in [-0.2, -0.15) is 0 Å². The number of nitrogens with zero attached hydrogens (tertiary/aromatic N) is 2. The molecule has 0 unspecified atom stereocenters. The summed E-state index contributed by atoms with van der Waals surface area (Å²) in [6.07, 6.45) is -23.8. The molecule has 0 radical (unpaired) electrons. The van der Waals surface area contributed by atoms with Crippen LogP contribution in [0.4, 0.5) is 0 Å². The lowest BCUT2D eigenvalue weighted by molar-refractivity contribution is -0.367. The van der Waals surface area contributed by atoms with Crippen LogP contribution in [0.3, 0.4) is 0 Å². The summed E-state index contributed by atoms with van der Waals surface area (Å²) >= 11 is 9.39. The zero-order valence-electron chi connectivity index (χ0n) is 25.1. The van der Waals surface area contributed by atoms with Crippen LogP contribution >= 0.6 is 24.8 Å². The molecule has 20 heteroatoms.